The largest absolute Gasteiger partial charge is 0.434 e. The zero-order valence-electron chi connectivity index (χ0n) is 15.9. The van der Waals surface area contributed by atoms with E-state index in [-0.39, 0.29) is 15.8 Å². The van der Waals surface area contributed by atoms with Crippen molar-refractivity contribution in [3.8, 4) is 5.75 Å². The monoisotopic (exact) mass is 442 g/mol. The van der Waals surface area contributed by atoms with Gasteiger partial charge in [0, 0.05) is 25.3 Å². The summed E-state index contributed by atoms with van der Waals surface area (Å²) in [7, 11) is -0.708. The topological polar surface area (TPSA) is 83.0 Å². The molecule has 0 fully saturated rings. The average Bonchev–Trinajstić information content (AvgIpc) is 2.64. The lowest BCUT2D eigenvalue weighted by atomic mass is 10.2. The van der Waals surface area contributed by atoms with E-state index in [2.05, 4.69) is 20.6 Å². The molecule has 11 heteroatoms. The minimum absolute atomic E-state index is 0.0237. The second-order valence-corrected chi connectivity index (χ2v) is 8.56. The van der Waals surface area contributed by atoms with Crippen molar-refractivity contribution in [1.29, 1.82) is 0 Å². The number of anilines is 1. The number of aryl methyl sites for hydroxylation is 1. The van der Waals surface area contributed by atoms with Crippen molar-refractivity contribution in [2.24, 2.45) is 5.10 Å². The summed E-state index contributed by atoms with van der Waals surface area (Å²) in [6, 6.07) is 10.8. The first-order chi connectivity index (χ1) is 13.6. The Morgan fingerprint density at radius 1 is 1.24 bits per heavy atom. The van der Waals surface area contributed by atoms with Crippen molar-refractivity contribution in [3.05, 3.63) is 53.6 Å². The highest BCUT2D eigenvalue weighted by Gasteiger charge is 2.18. The average molecular weight is 443 g/mol. The summed E-state index contributed by atoms with van der Waals surface area (Å²) in [6.07, 6.45) is 1.28. The Morgan fingerprint density at radius 3 is 2.59 bits per heavy atom. The van der Waals surface area contributed by atoms with Crippen LogP contribution in [0.3, 0.4) is 0 Å². The van der Waals surface area contributed by atoms with Crippen molar-refractivity contribution >= 4 is 39.3 Å². The highest BCUT2D eigenvalue weighted by Crippen LogP contribution is 2.22. The van der Waals surface area contributed by atoms with Crippen LogP contribution in [-0.4, -0.2) is 44.8 Å². The molecule has 0 amide bonds. The summed E-state index contributed by atoms with van der Waals surface area (Å²) < 4.78 is 55.0. The number of hydrogen-bond donors (Lipinski definition) is 2. The molecule has 29 heavy (non-hydrogen) atoms. The number of para-hydroxylation sites is 1. The van der Waals surface area contributed by atoms with E-state index < -0.39 is 16.6 Å². The molecule has 2 aromatic rings. The summed E-state index contributed by atoms with van der Waals surface area (Å²) in [4.78, 5) is 0.111. The van der Waals surface area contributed by atoms with Gasteiger partial charge in [-0.3, -0.25) is 5.43 Å². The van der Waals surface area contributed by atoms with Crippen LogP contribution in [-0.2, 0) is 10.0 Å². The van der Waals surface area contributed by atoms with E-state index in [0.717, 1.165) is 9.87 Å². The van der Waals surface area contributed by atoms with Gasteiger partial charge in [0.2, 0.25) is 10.0 Å². The van der Waals surface area contributed by atoms with Gasteiger partial charge in [-0.25, -0.2) is 12.7 Å². The fraction of sp³-hybridized carbons (Fsp3) is 0.222. The van der Waals surface area contributed by atoms with Crippen LogP contribution >= 0.6 is 12.2 Å². The molecule has 0 unspecified atom stereocenters. The zero-order valence-corrected chi connectivity index (χ0v) is 17.5. The van der Waals surface area contributed by atoms with Crippen LogP contribution in [0, 0.1) is 6.92 Å². The summed E-state index contributed by atoms with van der Waals surface area (Å²) >= 11 is 5.16. The highest BCUT2D eigenvalue weighted by atomic mass is 32.2. The Hall–Kier alpha value is -2.63. The highest BCUT2D eigenvalue weighted by molar-refractivity contribution is 7.89. The molecule has 0 bridgehead atoms. The third-order valence-electron chi connectivity index (χ3n) is 3.74. The number of nitrogens with zero attached hydrogens (tertiary/aromatic N) is 2. The van der Waals surface area contributed by atoms with Crippen molar-refractivity contribution in [2.45, 2.75) is 18.4 Å². The molecule has 0 heterocycles. The zero-order chi connectivity index (χ0) is 21.6. The van der Waals surface area contributed by atoms with Crippen molar-refractivity contribution in [1.82, 2.24) is 9.73 Å². The second kappa shape index (κ2) is 9.72. The number of halogens is 2. The Balaban J connectivity index is 2.10. The van der Waals surface area contributed by atoms with Crippen LogP contribution in [0.15, 0.2) is 52.5 Å². The maximum Gasteiger partial charge on any atom is 0.387 e. The molecule has 0 atom stereocenters. The van der Waals surface area contributed by atoms with Crippen LogP contribution in [0.5, 0.6) is 5.75 Å². The summed E-state index contributed by atoms with van der Waals surface area (Å²) in [6.45, 7) is -1.16. The lowest BCUT2D eigenvalue weighted by molar-refractivity contribution is -0.0499. The Labute approximate surface area is 173 Å². The van der Waals surface area contributed by atoms with Gasteiger partial charge >= 0.3 is 6.61 Å². The van der Waals surface area contributed by atoms with Gasteiger partial charge in [0.05, 0.1) is 11.1 Å². The first-order valence-corrected chi connectivity index (χ1v) is 10.1. The van der Waals surface area contributed by atoms with Gasteiger partial charge in [-0.05, 0) is 49.0 Å². The number of hydrazone groups is 1. The van der Waals surface area contributed by atoms with E-state index in [4.69, 9.17) is 12.2 Å². The van der Waals surface area contributed by atoms with Gasteiger partial charge in [0.25, 0.3) is 0 Å². The molecule has 2 aromatic carbocycles. The fourth-order valence-electron chi connectivity index (χ4n) is 2.21. The quantitative estimate of drug-likeness (QED) is 0.389. The Morgan fingerprint density at radius 2 is 1.93 bits per heavy atom. The SMILES string of the molecule is Cc1ccc(S(=O)(=O)N(C)C)cc1NC(=S)N/N=C\c1ccccc1OC(F)F. The molecule has 0 saturated carbocycles. The van der Waals surface area contributed by atoms with Gasteiger partial charge in [0.1, 0.15) is 5.75 Å². The fourth-order valence-corrected chi connectivity index (χ4v) is 3.30. The molecule has 0 aromatic heterocycles. The molecule has 0 aliphatic carbocycles. The van der Waals surface area contributed by atoms with Crippen molar-refractivity contribution in [3.63, 3.8) is 0 Å². The number of benzene rings is 2. The first-order valence-electron chi connectivity index (χ1n) is 8.28. The standard InChI is InChI=1S/C18H20F2N4O3S2/c1-12-8-9-14(29(25,26)24(2)3)10-15(12)22-18(28)23-21-11-13-6-4-5-7-16(13)27-17(19)20/h4-11,17H,1-3H3,(H2,22,23,28)/b21-11-. The number of hydrogen-bond acceptors (Lipinski definition) is 5. The number of rotatable bonds is 7. The van der Waals surface area contributed by atoms with E-state index >= 15 is 0 Å². The molecule has 7 nitrogen and oxygen atoms in total. The van der Waals surface area contributed by atoms with E-state index in [1.807, 2.05) is 0 Å². The van der Waals surface area contributed by atoms with E-state index in [1.165, 1.54) is 38.5 Å². The van der Waals surface area contributed by atoms with Crippen molar-refractivity contribution in [2.75, 3.05) is 19.4 Å². The van der Waals surface area contributed by atoms with Crippen molar-refractivity contribution < 1.29 is 21.9 Å². The number of sulfonamides is 1. The summed E-state index contributed by atoms with van der Waals surface area (Å²) in [5, 5.41) is 6.87. The van der Waals surface area contributed by atoms with Gasteiger partial charge < -0.3 is 10.1 Å². The lowest BCUT2D eigenvalue weighted by Crippen LogP contribution is -2.25. The first kappa shape index (κ1) is 22.7. The molecule has 2 rings (SSSR count). The predicted octanol–water partition coefficient (Wildman–Crippen LogP) is 3.17. The Bertz CT molecular complexity index is 1010. The summed E-state index contributed by atoms with van der Waals surface area (Å²) in [5.41, 5.74) is 4.14. The third-order valence-corrected chi connectivity index (χ3v) is 5.75. The van der Waals surface area contributed by atoms with Gasteiger partial charge in [0.15, 0.2) is 5.11 Å². The van der Waals surface area contributed by atoms with Crippen LogP contribution in [0.1, 0.15) is 11.1 Å². The number of alkyl halides is 2. The van der Waals surface area contributed by atoms with Crippen LogP contribution < -0.4 is 15.5 Å². The Kier molecular flexibility index (Phi) is 7.59. The smallest absolute Gasteiger partial charge is 0.387 e. The minimum atomic E-state index is -3.59. The molecule has 0 saturated heterocycles. The molecule has 2 N–H and O–H groups in total. The maximum absolute atomic E-state index is 12.4. The molecule has 156 valence electrons. The second-order valence-electron chi connectivity index (χ2n) is 6.00. The van der Waals surface area contributed by atoms with E-state index in [0.29, 0.717) is 11.3 Å². The third kappa shape index (κ3) is 6.17. The molecular formula is C18H20F2N4O3S2. The van der Waals surface area contributed by atoms with Gasteiger partial charge in [-0.1, -0.05) is 18.2 Å². The van der Waals surface area contributed by atoms with Crippen LogP contribution in [0.2, 0.25) is 0 Å². The number of thiocarbonyl (C=S) groups is 1. The molecular weight excluding hydrogens is 422 g/mol. The number of ether oxygens (including phenoxy) is 1. The lowest BCUT2D eigenvalue weighted by Gasteiger charge is -2.15. The molecule has 0 aliphatic rings. The summed E-state index contributed by atoms with van der Waals surface area (Å²) in [5.74, 6) is -0.0237. The predicted molar refractivity (Wildman–Crippen MR) is 112 cm³/mol. The van der Waals surface area contributed by atoms with Gasteiger partial charge in [-0.15, -0.1) is 0 Å². The van der Waals surface area contributed by atoms with Crippen LogP contribution in [0.4, 0.5) is 14.5 Å². The van der Waals surface area contributed by atoms with E-state index in [1.54, 1.807) is 31.2 Å². The van der Waals surface area contributed by atoms with E-state index in [9.17, 15) is 17.2 Å². The molecule has 0 radical (unpaired) electrons. The van der Waals surface area contributed by atoms with Crippen LogP contribution in [0.25, 0.3) is 0 Å². The molecule has 0 spiro atoms. The minimum Gasteiger partial charge on any atom is -0.434 e. The normalized spacial score (nSPS) is 11.8. The molecule has 0 aliphatic heterocycles. The number of nitrogens with one attached hydrogen (secondary N) is 2. The van der Waals surface area contributed by atoms with Gasteiger partial charge in [-0.2, -0.15) is 13.9 Å². The maximum atomic E-state index is 12.4.